The van der Waals surface area contributed by atoms with E-state index >= 15 is 0 Å². The van der Waals surface area contributed by atoms with Gasteiger partial charge in [0.25, 0.3) is 0 Å². The molecule has 2 bridgehead atoms. The van der Waals surface area contributed by atoms with E-state index in [1.165, 1.54) is 7.11 Å². The van der Waals surface area contributed by atoms with Crippen molar-refractivity contribution < 1.29 is 13.7 Å². The van der Waals surface area contributed by atoms with Crippen molar-refractivity contribution in [3.63, 3.8) is 0 Å². The second-order valence-corrected chi connectivity index (χ2v) is 7.70. The topological polar surface area (TPSA) is 67.2 Å². The third-order valence-corrected chi connectivity index (χ3v) is 6.71. The Balaban J connectivity index is 1.83. The van der Waals surface area contributed by atoms with Gasteiger partial charge in [-0.2, -0.15) is 5.26 Å². The van der Waals surface area contributed by atoms with Gasteiger partial charge in [0.1, 0.15) is 11.8 Å². The number of carbonyl (C=O) groups excluding carboxylic acids is 1. The van der Waals surface area contributed by atoms with Crippen LogP contribution in [-0.4, -0.2) is 27.6 Å². The fraction of sp³-hybridized carbons (Fsp3) is 0.500. The zero-order valence-corrected chi connectivity index (χ0v) is 12.7. The van der Waals surface area contributed by atoms with Gasteiger partial charge < -0.3 is 4.74 Å². The van der Waals surface area contributed by atoms with E-state index in [2.05, 4.69) is 6.07 Å². The Morgan fingerprint density at radius 2 is 2.00 bits per heavy atom. The Kier molecular flexibility index (Phi) is 3.81. The summed E-state index contributed by atoms with van der Waals surface area (Å²) in [7, 11) is 0.758. The molecule has 2 aliphatic heterocycles. The van der Waals surface area contributed by atoms with Crippen LogP contribution in [0.4, 0.5) is 0 Å². The highest BCUT2D eigenvalue weighted by Gasteiger charge is 2.42. The van der Waals surface area contributed by atoms with Gasteiger partial charge in [-0.1, -0.05) is 0 Å². The summed E-state index contributed by atoms with van der Waals surface area (Å²) in [6.45, 7) is 0. The summed E-state index contributed by atoms with van der Waals surface area (Å²) in [5.41, 5.74) is 0.940. The van der Waals surface area contributed by atoms with E-state index in [-0.39, 0.29) is 22.2 Å². The lowest BCUT2D eigenvalue weighted by Crippen LogP contribution is -2.32. The first-order valence-electron chi connectivity index (χ1n) is 7.15. The fourth-order valence-corrected chi connectivity index (χ4v) is 5.56. The largest absolute Gasteiger partial charge is 0.495 e. The van der Waals surface area contributed by atoms with Crippen molar-refractivity contribution in [1.29, 1.82) is 5.26 Å². The van der Waals surface area contributed by atoms with Crippen LogP contribution in [0.25, 0.3) is 0 Å². The monoisotopic (exact) mass is 303 g/mol. The first kappa shape index (κ1) is 14.3. The minimum atomic E-state index is -0.748. The SMILES string of the molecule is COc1ccc(C(=O)C2CC3CCC(C2)S3=O)cc1C#N. The first-order chi connectivity index (χ1) is 10.1. The molecule has 0 N–H and O–H groups in total. The Bertz CT molecular complexity index is 633. The van der Waals surface area contributed by atoms with Gasteiger partial charge in [-0.15, -0.1) is 0 Å². The molecule has 2 unspecified atom stereocenters. The molecule has 110 valence electrons. The highest BCUT2D eigenvalue weighted by atomic mass is 32.2. The number of methoxy groups -OCH3 is 1. The van der Waals surface area contributed by atoms with Crippen molar-refractivity contribution in [2.45, 2.75) is 36.2 Å². The third-order valence-electron chi connectivity index (χ3n) is 4.54. The number of carbonyl (C=O) groups is 1. The maximum Gasteiger partial charge on any atom is 0.166 e. The maximum absolute atomic E-state index is 12.6. The molecule has 4 nitrogen and oxygen atoms in total. The summed E-state index contributed by atoms with van der Waals surface area (Å²) < 4.78 is 17.1. The summed E-state index contributed by atoms with van der Waals surface area (Å²) >= 11 is 0. The van der Waals surface area contributed by atoms with Crippen molar-refractivity contribution in [3.8, 4) is 11.8 Å². The molecule has 5 heteroatoms. The van der Waals surface area contributed by atoms with Gasteiger partial charge in [0.2, 0.25) is 0 Å². The Hall–Kier alpha value is -1.67. The lowest BCUT2D eigenvalue weighted by molar-refractivity contribution is 0.0906. The predicted molar refractivity (Wildman–Crippen MR) is 79.7 cm³/mol. The molecule has 2 saturated heterocycles. The van der Waals surface area contributed by atoms with Crippen LogP contribution in [-0.2, 0) is 10.8 Å². The van der Waals surface area contributed by atoms with E-state index < -0.39 is 10.8 Å². The predicted octanol–water partition coefficient (Wildman–Crippen LogP) is 2.44. The lowest BCUT2D eigenvalue weighted by Gasteiger charge is -2.26. The average molecular weight is 303 g/mol. The first-order valence-corrected chi connectivity index (χ1v) is 8.43. The molecule has 0 saturated carbocycles. The molecule has 2 fully saturated rings. The zero-order valence-electron chi connectivity index (χ0n) is 11.9. The molecule has 21 heavy (non-hydrogen) atoms. The molecule has 0 amide bonds. The summed E-state index contributed by atoms with van der Waals surface area (Å²) in [5, 5.41) is 9.49. The van der Waals surface area contributed by atoms with E-state index in [9.17, 15) is 9.00 Å². The van der Waals surface area contributed by atoms with Crippen LogP contribution in [0.2, 0.25) is 0 Å². The van der Waals surface area contributed by atoms with E-state index in [4.69, 9.17) is 10.00 Å². The number of fused-ring (bicyclic) bond motifs is 2. The van der Waals surface area contributed by atoms with Gasteiger partial charge in [0.05, 0.1) is 12.7 Å². The number of ether oxygens (including phenoxy) is 1. The van der Waals surface area contributed by atoms with Crippen LogP contribution in [0.15, 0.2) is 18.2 Å². The zero-order chi connectivity index (χ0) is 15.0. The normalized spacial score (nSPS) is 30.7. The summed E-state index contributed by atoms with van der Waals surface area (Å²) in [6, 6.07) is 7.05. The Labute approximate surface area is 126 Å². The van der Waals surface area contributed by atoms with Gasteiger partial charge >= 0.3 is 0 Å². The molecular weight excluding hydrogens is 286 g/mol. The van der Waals surface area contributed by atoms with Crippen molar-refractivity contribution in [2.24, 2.45) is 5.92 Å². The molecule has 2 heterocycles. The van der Waals surface area contributed by atoms with Crippen LogP contribution < -0.4 is 4.74 Å². The molecule has 2 aliphatic rings. The lowest BCUT2D eigenvalue weighted by atomic mass is 9.90. The fourth-order valence-electron chi connectivity index (χ4n) is 3.43. The molecule has 0 aliphatic carbocycles. The molecule has 0 spiro atoms. The number of nitriles is 1. The summed E-state index contributed by atoms with van der Waals surface area (Å²) in [5.74, 6) is 0.502. The summed E-state index contributed by atoms with van der Waals surface area (Å²) in [6.07, 6.45) is 3.39. The van der Waals surface area contributed by atoms with Crippen LogP contribution >= 0.6 is 0 Å². The van der Waals surface area contributed by atoms with E-state index in [0.717, 1.165) is 25.7 Å². The minimum absolute atomic E-state index is 0.0554. The number of hydrogen-bond acceptors (Lipinski definition) is 4. The average Bonchev–Trinajstić information content (AvgIpc) is 2.75. The highest BCUT2D eigenvalue weighted by molar-refractivity contribution is 7.86. The van der Waals surface area contributed by atoms with Crippen molar-refractivity contribution in [1.82, 2.24) is 0 Å². The Morgan fingerprint density at radius 1 is 1.33 bits per heavy atom. The van der Waals surface area contributed by atoms with Crippen molar-refractivity contribution >= 4 is 16.6 Å². The van der Waals surface area contributed by atoms with E-state index in [1.54, 1.807) is 18.2 Å². The molecule has 1 aromatic rings. The molecule has 0 aromatic heterocycles. The number of nitrogens with zero attached hydrogens (tertiary/aromatic N) is 1. The molecule has 3 rings (SSSR count). The maximum atomic E-state index is 12.6. The standard InChI is InChI=1S/C16H17NO3S/c1-20-15-5-2-10(6-12(15)9-17)16(18)11-7-13-3-4-14(8-11)21(13)19/h2,5-6,11,13-14H,3-4,7-8H2,1H3. The number of hydrogen-bond donors (Lipinski definition) is 0. The van der Waals surface area contributed by atoms with Gasteiger partial charge in [0, 0.05) is 32.8 Å². The van der Waals surface area contributed by atoms with Crippen LogP contribution in [0.1, 0.15) is 41.6 Å². The second-order valence-electron chi connectivity index (χ2n) is 5.71. The van der Waals surface area contributed by atoms with Gasteiger partial charge in [-0.05, 0) is 43.9 Å². The number of benzene rings is 1. The van der Waals surface area contributed by atoms with Gasteiger partial charge in [0.15, 0.2) is 5.78 Å². The van der Waals surface area contributed by atoms with Crippen LogP contribution in [0, 0.1) is 17.2 Å². The molecule has 2 atom stereocenters. The van der Waals surface area contributed by atoms with E-state index in [0.29, 0.717) is 16.9 Å². The third kappa shape index (κ3) is 2.49. The number of ketones is 1. The smallest absolute Gasteiger partial charge is 0.166 e. The molecule has 1 aromatic carbocycles. The van der Waals surface area contributed by atoms with Crippen molar-refractivity contribution in [2.75, 3.05) is 7.11 Å². The minimum Gasteiger partial charge on any atom is -0.495 e. The van der Waals surface area contributed by atoms with Gasteiger partial charge in [-0.3, -0.25) is 9.00 Å². The molecule has 0 radical (unpaired) electrons. The van der Waals surface area contributed by atoms with Crippen LogP contribution in [0.3, 0.4) is 0 Å². The highest BCUT2D eigenvalue weighted by Crippen LogP contribution is 2.40. The molecular formula is C16H17NO3S. The van der Waals surface area contributed by atoms with Gasteiger partial charge in [-0.25, -0.2) is 0 Å². The second kappa shape index (κ2) is 5.61. The summed E-state index contributed by atoms with van der Waals surface area (Å²) in [4.78, 5) is 12.6. The quantitative estimate of drug-likeness (QED) is 0.804. The number of Topliss-reactive ketones (excluding diaryl/α,β-unsaturated/α-hetero) is 1. The number of rotatable bonds is 3. The van der Waals surface area contributed by atoms with Crippen LogP contribution in [0.5, 0.6) is 5.75 Å². The van der Waals surface area contributed by atoms with E-state index in [1.807, 2.05) is 0 Å². The van der Waals surface area contributed by atoms with Crippen molar-refractivity contribution in [3.05, 3.63) is 29.3 Å². The Morgan fingerprint density at radius 3 is 2.57 bits per heavy atom.